The molecule has 0 saturated carbocycles. The molecule has 1 aromatic carbocycles. The lowest BCUT2D eigenvalue weighted by Gasteiger charge is -2.27. The second-order valence-electron chi connectivity index (χ2n) is 4.06. The quantitative estimate of drug-likeness (QED) is 0.924. The molecule has 19 heavy (non-hydrogen) atoms. The smallest absolute Gasteiger partial charge is 0.423 e. The van der Waals surface area contributed by atoms with Crippen molar-refractivity contribution >= 4 is 27.6 Å². The average Bonchev–Trinajstić information content (AvgIpc) is 2.65. The van der Waals surface area contributed by atoms with Crippen LogP contribution in [-0.2, 0) is 10.3 Å². The van der Waals surface area contributed by atoms with E-state index >= 15 is 0 Å². The molecule has 102 valence electrons. The van der Waals surface area contributed by atoms with Crippen LogP contribution in [0.3, 0.4) is 0 Å². The lowest BCUT2D eigenvalue weighted by atomic mass is 10.0. The first kappa shape index (κ1) is 13.6. The first-order chi connectivity index (χ1) is 8.69. The number of alkyl halides is 3. The Labute approximate surface area is 108 Å². The standard InChI is InChI=1S/C11H8F3NO3S/c1-10(9(17)18,11(12,13)14)15-8(16)6-4-2-3-5-7(6)19-15/h2-5H,1H3,(H,17,18). The summed E-state index contributed by atoms with van der Waals surface area (Å²) >= 11 is 0.489. The number of nitrogens with zero attached hydrogens (tertiary/aromatic N) is 1. The van der Waals surface area contributed by atoms with Gasteiger partial charge in [0.05, 0.1) is 10.1 Å². The molecule has 0 amide bonds. The van der Waals surface area contributed by atoms with Gasteiger partial charge in [-0.25, -0.2) is 8.75 Å². The fourth-order valence-corrected chi connectivity index (χ4v) is 2.73. The van der Waals surface area contributed by atoms with Crippen LogP contribution in [-0.4, -0.2) is 21.2 Å². The summed E-state index contributed by atoms with van der Waals surface area (Å²) in [5.41, 5.74) is -4.23. The SMILES string of the molecule is CC(C(=O)O)(n1sc2ccccc2c1=O)C(F)(F)F. The summed E-state index contributed by atoms with van der Waals surface area (Å²) in [5, 5.41) is 8.97. The fourth-order valence-electron chi connectivity index (χ4n) is 1.59. The molecule has 0 bridgehead atoms. The van der Waals surface area contributed by atoms with Crippen molar-refractivity contribution < 1.29 is 23.1 Å². The van der Waals surface area contributed by atoms with Gasteiger partial charge in [-0.3, -0.25) is 4.79 Å². The molecule has 1 unspecified atom stereocenters. The first-order valence-electron chi connectivity index (χ1n) is 5.11. The summed E-state index contributed by atoms with van der Waals surface area (Å²) in [5.74, 6) is -2.12. The maximum Gasteiger partial charge on any atom is 0.423 e. The molecule has 0 radical (unpaired) electrons. The van der Waals surface area contributed by atoms with Crippen molar-refractivity contribution in [2.24, 2.45) is 0 Å². The van der Waals surface area contributed by atoms with Crippen LogP contribution < -0.4 is 5.56 Å². The number of rotatable bonds is 2. The molecular formula is C11H8F3NO3S. The molecule has 0 aliphatic heterocycles. The first-order valence-corrected chi connectivity index (χ1v) is 5.88. The second kappa shape index (κ2) is 4.09. The Kier molecular flexibility index (Phi) is 2.93. The second-order valence-corrected chi connectivity index (χ2v) is 5.05. The van der Waals surface area contributed by atoms with Gasteiger partial charge in [0.15, 0.2) is 0 Å². The van der Waals surface area contributed by atoms with Gasteiger partial charge >= 0.3 is 12.1 Å². The van der Waals surface area contributed by atoms with E-state index in [-0.39, 0.29) is 9.34 Å². The van der Waals surface area contributed by atoms with Gasteiger partial charge in [-0.1, -0.05) is 23.7 Å². The monoisotopic (exact) mass is 291 g/mol. The number of hydrogen-bond donors (Lipinski definition) is 1. The number of hydrogen-bond acceptors (Lipinski definition) is 3. The van der Waals surface area contributed by atoms with Crippen molar-refractivity contribution in [3.8, 4) is 0 Å². The summed E-state index contributed by atoms with van der Waals surface area (Å²) < 4.78 is 39.6. The van der Waals surface area contributed by atoms with Gasteiger partial charge < -0.3 is 5.11 Å². The van der Waals surface area contributed by atoms with Crippen LogP contribution in [0.1, 0.15) is 6.92 Å². The number of benzene rings is 1. The van der Waals surface area contributed by atoms with Crippen molar-refractivity contribution in [3.05, 3.63) is 34.6 Å². The van der Waals surface area contributed by atoms with Crippen LogP contribution >= 0.6 is 11.5 Å². The van der Waals surface area contributed by atoms with E-state index in [1.807, 2.05) is 0 Å². The molecule has 1 aromatic heterocycles. The topological polar surface area (TPSA) is 59.3 Å². The summed E-state index contributed by atoms with van der Waals surface area (Å²) in [6.45, 7) is 0.478. The Morgan fingerprint density at radius 1 is 1.32 bits per heavy atom. The Morgan fingerprint density at radius 3 is 2.37 bits per heavy atom. The number of carbonyl (C=O) groups is 1. The van der Waals surface area contributed by atoms with Crippen molar-refractivity contribution in [1.29, 1.82) is 0 Å². The molecule has 0 fully saturated rings. The van der Waals surface area contributed by atoms with E-state index in [0.29, 0.717) is 23.2 Å². The number of fused-ring (bicyclic) bond motifs is 1. The summed E-state index contributed by atoms with van der Waals surface area (Å²) in [7, 11) is 0. The molecular weight excluding hydrogens is 283 g/mol. The van der Waals surface area contributed by atoms with Crippen molar-refractivity contribution in [2.45, 2.75) is 18.6 Å². The van der Waals surface area contributed by atoms with E-state index in [1.165, 1.54) is 18.2 Å². The molecule has 0 aliphatic rings. The van der Waals surface area contributed by atoms with Gasteiger partial charge in [0.2, 0.25) is 5.54 Å². The van der Waals surface area contributed by atoms with Crippen LogP contribution in [0.25, 0.3) is 10.1 Å². The predicted octanol–water partition coefficient (Wildman–Crippen LogP) is 2.43. The minimum atomic E-state index is -5.08. The number of carboxylic acid groups (broad SMARTS) is 1. The third kappa shape index (κ3) is 1.83. The molecule has 0 saturated heterocycles. The lowest BCUT2D eigenvalue weighted by molar-refractivity contribution is -0.217. The zero-order valence-electron chi connectivity index (χ0n) is 9.56. The zero-order chi connectivity index (χ0) is 14.4. The number of aliphatic carboxylic acids is 1. The van der Waals surface area contributed by atoms with Crippen LogP contribution in [0.4, 0.5) is 13.2 Å². The van der Waals surface area contributed by atoms with Crippen LogP contribution in [0.15, 0.2) is 29.1 Å². The molecule has 1 atom stereocenters. The summed E-state index contributed by atoms with van der Waals surface area (Å²) in [4.78, 5) is 23.0. The third-order valence-corrected chi connectivity index (χ3v) is 4.13. The number of aromatic nitrogens is 1. The highest BCUT2D eigenvalue weighted by atomic mass is 32.1. The van der Waals surface area contributed by atoms with Crippen LogP contribution in [0, 0.1) is 0 Å². The Balaban J connectivity index is 2.82. The normalized spacial score (nSPS) is 15.4. The van der Waals surface area contributed by atoms with Gasteiger partial charge in [-0.15, -0.1) is 0 Å². The average molecular weight is 291 g/mol. The minimum absolute atomic E-state index is 0.0734. The van der Waals surface area contributed by atoms with E-state index < -0.39 is 23.2 Å². The number of halogens is 3. The molecule has 4 nitrogen and oxygen atoms in total. The highest BCUT2D eigenvalue weighted by Crippen LogP contribution is 2.38. The van der Waals surface area contributed by atoms with E-state index in [2.05, 4.69) is 0 Å². The summed E-state index contributed by atoms with van der Waals surface area (Å²) in [6, 6.07) is 5.90. The fraction of sp³-hybridized carbons (Fsp3) is 0.273. The van der Waals surface area contributed by atoms with Gasteiger partial charge in [0.25, 0.3) is 5.56 Å². The minimum Gasteiger partial charge on any atom is -0.479 e. The van der Waals surface area contributed by atoms with Gasteiger partial charge in [-0.2, -0.15) is 13.2 Å². The maximum absolute atomic E-state index is 13.0. The molecule has 1 N–H and O–H groups in total. The maximum atomic E-state index is 13.0. The van der Waals surface area contributed by atoms with Crippen molar-refractivity contribution in [2.75, 3.05) is 0 Å². The zero-order valence-corrected chi connectivity index (χ0v) is 10.4. The molecule has 2 rings (SSSR count). The highest BCUT2D eigenvalue weighted by Gasteiger charge is 2.60. The molecule has 1 heterocycles. The van der Waals surface area contributed by atoms with Gasteiger partial charge in [0, 0.05) is 0 Å². The van der Waals surface area contributed by atoms with Gasteiger partial charge in [-0.05, 0) is 19.1 Å². The largest absolute Gasteiger partial charge is 0.479 e. The lowest BCUT2D eigenvalue weighted by Crippen LogP contribution is -2.53. The van der Waals surface area contributed by atoms with Crippen LogP contribution in [0.2, 0.25) is 0 Å². The van der Waals surface area contributed by atoms with E-state index in [4.69, 9.17) is 5.11 Å². The third-order valence-electron chi connectivity index (χ3n) is 2.87. The van der Waals surface area contributed by atoms with E-state index in [0.717, 1.165) is 0 Å². The van der Waals surface area contributed by atoms with Gasteiger partial charge in [0.1, 0.15) is 0 Å². The Morgan fingerprint density at radius 2 is 1.89 bits per heavy atom. The van der Waals surface area contributed by atoms with E-state index in [1.54, 1.807) is 6.07 Å². The van der Waals surface area contributed by atoms with E-state index in [9.17, 15) is 22.8 Å². The molecule has 8 heteroatoms. The van der Waals surface area contributed by atoms with Crippen molar-refractivity contribution in [3.63, 3.8) is 0 Å². The summed E-state index contributed by atoms with van der Waals surface area (Å²) in [6.07, 6.45) is -5.08. The molecule has 0 spiro atoms. The van der Waals surface area contributed by atoms with Crippen LogP contribution in [0.5, 0.6) is 0 Å². The Bertz CT molecular complexity index is 703. The molecule has 2 aromatic rings. The predicted molar refractivity (Wildman–Crippen MR) is 63.4 cm³/mol. The Hall–Kier alpha value is -1.83. The number of carboxylic acids is 1. The van der Waals surface area contributed by atoms with Crippen molar-refractivity contribution in [1.82, 2.24) is 3.96 Å². The molecule has 0 aliphatic carbocycles. The highest BCUT2D eigenvalue weighted by molar-refractivity contribution is 7.14.